The van der Waals surface area contributed by atoms with Crippen LogP contribution in [-0.4, -0.2) is 62.7 Å². The highest BCUT2D eigenvalue weighted by Crippen LogP contribution is 2.35. The van der Waals surface area contributed by atoms with E-state index in [0.717, 1.165) is 30.1 Å². The van der Waals surface area contributed by atoms with Gasteiger partial charge in [-0.05, 0) is 43.2 Å². The van der Waals surface area contributed by atoms with Crippen LogP contribution in [0.25, 0.3) is 0 Å². The van der Waals surface area contributed by atoms with Crippen LogP contribution in [0.4, 0.5) is 11.4 Å². The van der Waals surface area contributed by atoms with Gasteiger partial charge in [0.15, 0.2) is 6.10 Å². The second-order valence-corrected chi connectivity index (χ2v) is 7.95. The van der Waals surface area contributed by atoms with E-state index in [1.165, 1.54) is 0 Å². The Morgan fingerprint density at radius 2 is 1.84 bits per heavy atom. The van der Waals surface area contributed by atoms with Gasteiger partial charge < -0.3 is 19.3 Å². The third-order valence-corrected chi connectivity index (χ3v) is 5.94. The first-order valence-electron chi connectivity index (χ1n) is 10.8. The van der Waals surface area contributed by atoms with Crippen LogP contribution in [0.2, 0.25) is 0 Å². The molecule has 1 saturated heterocycles. The number of piperazine rings is 1. The number of hydrogen-bond acceptors (Lipinski definition) is 5. The van der Waals surface area contributed by atoms with Gasteiger partial charge in [0.1, 0.15) is 18.0 Å². The van der Waals surface area contributed by atoms with Gasteiger partial charge in [0.05, 0.1) is 18.5 Å². The standard InChI is InChI=1S/C24H29N3O4/c1-4-20-24(29)27(19-15-17(2)9-10-22(19)31-20)16-23(28)26-13-11-25(12-14-26)18-7-5-6-8-21(18)30-3/h5-10,15,20H,4,11-14,16H2,1-3H3/t20-/m0/s1. The lowest BCUT2D eigenvalue weighted by molar-refractivity contribution is -0.133. The molecule has 7 heteroatoms. The maximum Gasteiger partial charge on any atom is 0.268 e. The van der Waals surface area contributed by atoms with Gasteiger partial charge in [-0.25, -0.2) is 0 Å². The molecule has 2 amide bonds. The highest BCUT2D eigenvalue weighted by molar-refractivity contribution is 6.04. The van der Waals surface area contributed by atoms with Crippen LogP contribution in [0.5, 0.6) is 11.5 Å². The van der Waals surface area contributed by atoms with Gasteiger partial charge in [-0.2, -0.15) is 0 Å². The molecule has 2 aliphatic rings. The number of benzene rings is 2. The predicted molar refractivity (Wildman–Crippen MR) is 120 cm³/mol. The molecule has 2 aromatic rings. The van der Waals surface area contributed by atoms with Crippen molar-refractivity contribution in [3.63, 3.8) is 0 Å². The number of rotatable bonds is 5. The van der Waals surface area contributed by atoms with Gasteiger partial charge in [0.25, 0.3) is 5.91 Å². The van der Waals surface area contributed by atoms with Gasteiger partial charge in [-0.3, -0.25) is 14.5 Å². The van der Waals surface area contributed by atoms with E-state index in [0.29, 0.717) is 30.9 Å². The van der Waals surface area contributed by atoms with E-state index in [1.54, 1.807) is 12.0 Å². The molecular weight excluding hydrogens is 394 g/mol. The van der Waals surface area contributed by atoms with Crippen molar-refractivity contribution in [2.45, 2.75) is 26.4 Å². The number of carbonyl (C=O) groups excluding carboxylic acids is 2. The van der Waals surface area contributed by atoms with Crippen LogP contribution < -0.4 is 19.3 Å². The summed E-state index contributed by atoms with van der Waals surface area (Å²) in [6.07, 6.45) is 0.0134. The second-order valence-electron chi connectivity index (χ2n) is 7.95. The van der Waals surface area contributed by atoms with E-state index < -0.39 is 6.10 Å². The van der Waals surface area contributed by atoms with Crippen molar-refractivity contribution in [3.8, 4) is 11.5 Å². The SMILES string of the molecule is CC[C@@H]1Oc2ccc(C)cc2N(CC(=O)N2CCN(c3ccccc3OC)CC2)C1=O. The summed E-state index contributed by atoms with van der Waals surface area (Å²) in [5.74, 6) is 1.29. The smallest absolute Gasteiger partial charge is 0.268 e. The van der Waals surface area contributed by atoms with Crippen molar-refractivity contribution >= 4 is 23.2 Å². The first-order chi connectivity index (χ1) is 15.0. The molecule has 7 nitrogen and oxygen atoms in total. The molecule has 164 valence electrons. The van der Waals surface area contributed by atoms with Crippen LogP contribution in [0.3, 0.4) is 0 Å². The Kier molecular flexibility index (Phi) is 6.02. The molecule has 0 N–H and O–H groups in total. The van der Waals surface area contributed by atoms with E-state index in [4.69, 9.17) is 9.47 Å². The normalized spacial score (nSPS) is 18.5. The molecule has 0 spiro atoms. The number of aryl methyl sites for hydroxylation is 1. The number of fused-ring (bicyclic) bond motifs is 1. The summed E-state index contributed by atoms with van der Waals surface area (Å²) >= 11 is 0. The van der Waals surface area contributed by atoms with Gasteiger partial charge >= 0.3 is 0 Å². The molecular formula is C24H29N3O4. The molecule has 0 saturated carbocycles. The number of carbonyl (C=O) groups is 2. The fourth-order valence-corrected chi connectivity index (χ4v) is 4.18. The molecule has 2 aromatic carbocycles. The summed E-state index contributed by atoms with van der Waals surface area (Å²) in [5.41, 5.74) is 2.74. The zero-order chi connectivity index (χ0) is 22.0. The summed E-state index contributed by atoms with van der Waals surface area (Å²) in [6.45, 7) is 6.56. The number of methoxy groups -OCH3 is 1. The molecule has 4 rings (SSSR count). The van der Waals surface area contributed by atoms with Crippen molar-refractivity contribution in [2.75, 3.05) is 49.6 Å². The Morgan fingerprint density at radius 1 is 1.10 bits per heavy atom. The fraction of sp³-hybridized carbons (Fsp3) is 0.417. The first-order valence-corrected chi connectivity index (χ1v) is 10.8. The van der Waals surface area contributed by atoms with Gasteiger partial charge in [-0.1, -0.05) is 25.1 Å². The molecule has 2 aliphatic heterocycles. The molecule has 1 atom stereocenters. The van der Waals surface area contributed by atoms with E-state index in [-0.39, 0.29) is 18.4 Å². The summed E-state index contributed by atoms with van der Waals surface area (Å²) in [5, 5.41) is 0. The molecule has 31 heavy (non-hydrogen) atoms. The van der Waals surface area contributed by atoms with Gasteiger partial charge in [0.2, 0.25) is 5.91 Å². The minimum Gasteiger partial charge on any atom is -0.495 e. The average Bonchev–Trinajstić information content (AvgIpc) is 2.80. The lowest BCUT2D eigenvalue weighted by atomic mass is 10.1. The number of amides is 2. The van der Waals surface area contributed by atoms with Gasteiger partial charge in [-0.15, -0.1) is 0 Å². The van der Waals surface area contributed by atoms with E-state index in [2.05, 4.69) is 4.90 Å². The predicted octanol–water partition coefficient (Wildman–Crippen LogP) is 2.86. The zero-order valence-electron chi connectivity index (χ0n) is 18.3. The topological polar surface area (TPSA) is 62.3 Å². The van der Waals surface area contributed by atoms with E-state index in [9.17, 15) is 9.59 Å². The Balaban J connectivity index is 1.45. The summed E-state index contributed by atoms with van der Waals surface area (Å²) < 4.78 is 11.3. The monoisotopic (exact) mass is 423 g/mol. The third-order valence-electron chi connectivity index (χ3n) is 5.94. The van der Waals surface area contributed by atoms with Crippen LogP contribution in [0.15, 0.2) is 42.5 Å². The number of hydrogen-bond donors (Lipinski definition) is 0. The van der Waals surface area contributed by atoms with Crippen LogP contribution in [-0.2, 0) is 9.59 Å². The highest BCUT2D eigenvalue weighted by Gasteiger charge is 2.35. The third kappa shape index (κ3) is 4.17. The molecule has 2 heterocycles. The van der Waals surface area contributed by atoms with E-state index >= 15 is 0 Å². The Morgan fingerprint density at radius 3 is 2.55 bits per heavy atom. The molecule has 0 unspecified atom stereocenters. The highest BCUT2D eigenvalue weighted by atomic mass is 16.5. The number of ether oxygens (including phenoxy) is 2. The molecule has 0 radical (unpaired) electrons. The van der Waals surface area contributed by atoms with Crippen molar-refractivity contribution in [2.24, 2.45) is 0 Å². The summed E-state index contributed by atoms with van der Waals surface area (Å²) in [4.78, 5) is 31.7. The Labute approximate surface area is 183 Å². The maximum absolute atomic E-state index is 13.1. The molecule has 0 aromatic heterocycles. The largest absolute Gasteiger partial charge is 0.495 e. The molecule has 0 bridgehead atoms. The minimum absolute atomic E-state index is 0.0316. The molecule has 1 fully saturated rings. The first kappa shape index (κ1) is 21.0. The van der Waals surface area contributed by atoms with Crippen molar-refractivity contribution in [1.29, 1.82) is 0 Å². The fourth-order valence-electron chi connectivity index (χ4n) is 4.18. The summed E-state index contributed by atoms with van der Waals surface area (Å²) in [7, 11) is 1.67. The quantitative estimate of drug-likeness (QED) is 0.740. The van der Waals surface area contributed by atoms with Crippen molar-refractivity contribution in [1.82, 2.24) is 4.90 Å². The van der Waals surface area contributed by atoms with Crippen molar-refractivity contribution < 1.29 is 19.1 Å². The van der Waals surface area contributed by atoms with Gasteiger partial charge in [0, 0.05) is 26.2 Å². The van der Waals surface area contributed by atoms with Crippen LogP contribution in [0, 0.1) is 6.92 Å². The number of para-hydroxylation sites is 2. The van der Waals surface area contributed by atoms with Crippen molar-refractivity contribution in [3.05, 3.63) is 48.0 Å². The van der Waals surface area contributed by atoms with Crippen LogP contribution in [0.1, 0.15) is 18.9 Å². The van der Waals surface area contributed by atoms with E-state index in [1.807, 2.05) is 61.2 Å². The molecule has 0 aliphatic carbocycles. The maximum atomic E-state index is 13.1. The Hall–Kier alpha value is -3.22. The summed E-state index contributed by atoms with van der Waals surface area (Å²) in [6, 6.07) is 13.7. The number of anilines is 2. The minimum atomic E-state index is -0.551. The van der Waals surface area contributed by atoms with Crippen LogP contribution >= 0.6 is 0 Å². The Bertz CT molecular complexity index is 969. The lowest BCUT2D eigenvalue weighted by Crippen LogP contribution is -2.54. The second kappa shape index (κ2) is 8.88. The lowest BCUT2D eigenvalue weighted by Gasteiger charge is -2.38. The zero-order valence-corrected chi connectivity index (χ0v) is 18.3. The number of nitrogens with zero attached hydrogens (tertiary/aromatic N) is 3. The average molecular weight is 424 g/mol.